The van der Waals surface area contributed by atoms with Gasteiger partial charge < -0.3 is 9.47 Å². The number of aryl methyl sites for hydroxylation is 1. The number of hydrogen-bond acceptors (Lipinski definition) is 2. The van der Waals surface area contributed by atoms with E-state index in [-0.39, 0.29) is 18.5 Å². The molecular weight excluding hydrogens is 305 g/mol. The first-order valence-electron chi connectivity index (χ1n) is 7.63. The second kappa shape index (κ2) is 4.95. The van der Waals surface area contributed by atoms with Crippen LogP contribution >= 0.6 is 11.6 Å². The van der Waals surface area contributed by atoms with Gasteiger partial charge in [0.05, 0.1) is 17.6 Å². The molecule has 4 heterocycles. The highest BCUT2D eigenvalue weighted by Gasteiger charge is 2.38. The van der Waals surface area contributed by atoms with E-state index in [0.717, 1.165) is 28.7 Å². The maximum atomic E-state index is 14.7. The molecule has 1 amide bonds. The molecule has 0 radical (unpaired) electrons. The summed E-state index contributed by atoms with van der Waals surface area (Å²) >= 11 is 6.04. The molecule has 2 unspecified atom stereocenters. The number of hydrogen-bond donors (Lipinski definition) is 0. The van der Waals surface area contributed by atoms with Gasteiger partial charge in [0.25, 0.3) is 0 Å². The van der Waals surface area contributed by atoms with Crippen molar-refractivity contribution in [2.24, 2.45) is 0 Å². The van der Waals surface area contributed by atoms with Crippen LogP contribution in [0.2, 0.25) is 5.02 Å². The van der Waals surface area contributed by atoms with Gasteiger partial charge in [-0.2, -0.15) is 0 Å². The Morgan fingerprint density at radius 1 is 1.45 bits per heavy atom. The average Bonchev–Trinajstić information content (AvgIpc) is 3.02. The number of carbonyl (C=O) groups is 1. The van der Waals surface area contributed by atoms with Gasteiger partial charge >= 0.3 is 0 Å². The van der Waals surface area contributed by atoms with Gasteiger partial charge in [-0.25, -0.2) is 9.37 Å². The first-order valence-corrected chi connectivity index (χ1v) is 8.01. The zero-order chi connectivity index (χ0) is 15.4. The lowest BCUT2D eigenvalue weighted by molar-refractivity contribution is -0.131. The molecule has 4 rings (SSSR count). The summed E-state index contributed by atoms with van der Waals surface area (Å²) < 4.78 is 16.6. The second-order valence-electron chi connectivity index (χ2n) is 6.19. The fraction of sp³-hybridized carbons (Fsp3) is 0.500. The van der Waals surface area contributed by atoms with E-state index in [0.29, 0.717) is 24.4 Å². The number of nitrogens with zero attached hydrogens (tertiary/aromatic N) is 3. The van der Waals surface area contributed by atoms with Crippen LogP contribution in [0.3, 0.4) is 0 Å². The number of halogens is 2. The molecule has 0 N–H and O–H groups in total. The Balaban J connectivity index is 1.79. The fourth-order valence-electron chi connectivity index (χ4n) is 3.82. The zero-order valence-corrected chi connectivity index (χ0v) is 13.1. The normalized spacial score (nSPS) is 25.0. The van der Waals surface area contributed by atoms with Crippen LogP contribution in [0.15, 0.2) is 12.3 Å². The number of alkyl halides is 1. The number of amides is 1. The van der Waals surface area contributed by atoms with Gasteiger partial charge in [0.2, 0.25) is 5.91 Å². The standard InChI is InChI=1S/C16H17ClFN3O/c1-9-11-5-10(17)7-19-16(11)21-8-12(18)14(6-13(9)21)20-4-2-3-15(20)22/h5,7,12,14H,2-4,6,8H2,1H3. The summed E-state index contributed by atoms with van der Waals surface area (Å²) in [6.45, 7) is 2.95. The Hall–Kier alpha value is -1.62. The molecule has 0 saturated carbocycles. The summed E-state index contributed by atoms with van der Waals surface area (Å²) in [7, 11) is 0. The molecule has 1 fully saturated rings. The van der Waals surface area contributed by atoms with Crippen LogP contribution < -0.4 is 0 Å². The van der Waals surface area contributed by atoms with Crippen molar-refractivity contribution in [2.45, 2.75) is 44.9 Å². The van der Waals surface area contributed by atoms with E-state index in [1.54, 1.807) is 11.1 Å². The van der Waals surface area contributed by atoms with Crippen LogP contribution in [0.5, 0.6) is 0 Å². The molecule has 2 aliphatic heterocycles. The van der Waals surface area contributed by atoms with Gasteiger partial charge in [-0.3, -0.25) is 4.79 Å². The highest BCUT2D eigenvalue weighted by atomic mass is 35.5. The van der Waals surface area contributed by atoms with E-state index >= 15 is 0 Å². The van der Waals surface area contributed by atoms with E-state index in [9.17, 15) is 9.18 Å². The molecule has 0 spiro atoms. The third kappa shape index (κ3) is 1.95. The monoisotopic (exact) mass is 321 g/mol. The summed E-state index contributed by atoms with van der Waals surface area (Å²) in [6, 6.07) is 1.54. The topological polar surface area (TPSA) is 38.1 Å². The molecule has 22 heavy (non-hydrogen) atoms. The van der Waals surface area contributed by atoms with Crippen LogP contribution in [0.4, 0.5) is 4.39 Å². The highest BCUT2D eigenvalue weighted by molar-refractivity contribution is 6.31. The average molecular weight is 322 g/mol. The molecule has 1 saturated heterocycles. The Labute approximate surface area is 132 Å². The zero-order valence-electron chi connectivity index (χ0n) is 12.4. The predicted octanol–water partition coefficient (Wildman–Crippen LogP) is 2.88. The molecule has 2 aromatic heterocycles. The second-order valence-corrected chi connectivity index (χ2v) is 6.62. The van der Waals surface area contributed by atoms with Crippen molar-refractivity contribution in [3.8, 4) is 0 Å². The lowest BCUT2D eigenvalue weighted by atomic mass is 9.98. The van der Waals surface area contributed by atoms with Gasteiger partial charge in [-0.15, -0.1) is 0 Å². The fourth-order valence-corrected chi connectivity index (χ4v) is 3.97. The van der Waals surface area contributed by atoms with Crippen LogP contribution in [0, 0.1) is 6.92 Å². The van der Waals surface area contributed by atoms with Gasteiger partial charge in [0, 0.05) is 36.7 Å². The summed E-state index contributed by atoms with van der Waals surface area (Å²) in [5.41, 5.74) is 2.95. The molecule has 2 aliphatic rings. The van der Waals surface area contributed by atoms with Gasteiger partial charge in [-0.05, 0) is 25.0 Å². The van der Waals surface area contributed by atoms with Crippen LogP contribution in [0.1, 0.15) is 24.1 Å². The maximum absolute atomic E-state index is 14.7. The molecule has 116 valence electrons. The number of aromatic nitrogens is 2. The summed E-state index contributed by atoms with van der Waals surface area (Å²) in [6.07, 6.45) is 2.47. The van der Waals surface area contributed by atoms with Crippen molar-refractivity contribution in [1.29, 1.82) is 0 Å². The number of rotatable bonds is 1. The Bertz CT molecular complexity index is 772. The third-order valence-electron chi connectivity index (χ3n) is 4.94. The molecule has 4 nitrogen and oxygen atoms in total. The lowest BCUT2D eigenvalue weighted by Gasteiger charge is -2.35. The minimum absolute atomic E-state index is 0.0797. The number of fused-ring (bicyclic) bond motifs is 3. The summed E-state index contributed by atoms with van der Waals surface area (Å²) in [5.74, 6) is 0.0797. The number of carbonyl (C=O) groups excluding carboxylic acids is 1. The van der Waals surface area contributed by atoms with E-state index in [2.05, 4.69) is 4.98 Å². The molecule has 0 aromatic carbocycles. The largest absolute Gasteiger partial charge is 0.336 e. The lowest BCUT2D eigenvalue weighted by Crippen LogP contribution is -2.48. The van der Waals surface area contributed by atoms with Gasteiger partial charge in [-0.1, -0.05) is 11.6 Å². The molecule has 2 atom stereocenters. The Morgan fingerprint density at radius 2 is 2.27 bits per heavy atom. The molecule has 2 aromatic rings. The SMILES string of the molecule is Cc1c2n(c3ncc(Cl)cc13)CC(F)C(N1CCCC1=O)C2. The van der Waals surface area contributed by atoms with Crippen molar-refractivity contribution in [2.75, 3.05) is 6.54 Å². The quantitative estimate of drug-likeness (QED) is 0.810. The Morgan fingerprint density at radius 3 is 3.00 bits per heavy atom. The predicted molar refractivity (Wildman–Crippen MR) is 82.8 cm³/mol. The van der Waals surface area contributed by atoms with Crippen LogP contribution in [-0.4, -0.2) is 39.1 Å². The number of pyridine rings is 1. The van der Waals surface area contributed by atoms with E-state index in [4.69, 9.17) is 11.6 Å². The third-order valence-corrected chi connectivity index (χ3v) is 5.15. The molecular formula is C16H17ClFN3O. The van der Waals surface area contributed by atoms with Gasteiger partial charge in [0.15, 0.2) is 0 Å². The van der Waals surface area contributed by atoms with Crippen molar-refractivity contribution in [3.05, 3.63) is 28.5 Å². The molecule has 6 heteroatoms. The Kier molecular flexibility index (Phi) is 3.15. The minimum Gasteiger partial charge on any atom is -0.336 e. The van der Waals surface area contributed by atoms with Crippen LogP contribution in [0.25, 0.3) is 11.0 Å². The highest BCUT2D eigenvalue weighted by Crippen LogP contribution is 2.34. The van der Waals surface area contributed by atoms with Crippen LogP contribution in [-0.2, 0) is 17.8 Å². The molecule has 0 aliphatic carbocycles. The van der Waals surface area contributed by atoms with Crippen molar-refractivity contribution in [3.63, 3.8) is 0 Å². The van der Waals surface area contributed by atoms with E-state index in [1.165, 1.54) is 0 Å². The first kappa shape index (κ1) is 14.0. The van der Waals surface area contributed by atoms with Crippen molar-refractivity contribution >= 4 is 28.5 Å². The first-order chi connectivity index (χ1) is 10.6. The summed E-state index contributed by atoms with van der Waals surface area (Å²) in [5, 5.41) is 1.56. The summed E-state index contributed by atoms with van der Waals surface area (Å²) in [4.78, 5) is 18.1. The maximum Gasteiger partial charge on any atom is 0.222 e. The molecule has 0 bridgehead atoms. The van der Waals surface area contributed by atoms with Crippen molar-refractivity contribution in [1.82, 2.24) is 14.5 Å². The van der Waals surface area contributed by atoms with E-state index in [1.807, 2.05) is 17.6 Å². The van der Waals surface area contributed by atoms with E-state index < -0.39 is 6.17 Å². The van der Waals surface area contributed by atoms with Gasteiger partial charge in [0.1, 0.15) is 11.8 Å². The minimum atomic E-state index is -1.05. The van der Waals surface area contributed by atoms with Crippen molar-refractivity contribution < 1.29 is 9.18 Å². The number of likely N-dealkylation sites (tertiary alicyclic amines) is 1. The smallest absolute Gasteiger partial charge is 0.222 e.